The van der Waals surface area contributed by atoms with Gasteiger partial charge in [-0.05, 0) is 50.5 Å². The van der Waals surface area contributed by atoms with E-state index in [9.17, 15) is 4.79 Å². The van der Waals surface area contributed by atoms with Crippen LogP contribution in [0.5, 0.6) is 0 Å². The van der Waals surface area contributed by atoms with Gasteiger partial charge in [-0.2, -0.15) is 5.10 Å². The second-order valence-corrected chi connectivity index (χ2v) is 7.79. The molecule has 1 unspecified atom stereocenters. The summed E-state index contributed by atoms with van der Waals surface area (Å²) in [7, 11) is 1.80. The van der Waals surface area contributed by atoms with Gasteiger partial charge in [-0.25, -0.2) is 0 Å². The van der Waals surface area contributed by atoms with Crippen LogP contribution in [0.2, 0.25) is 0 Å². The Morgan fingerprint density at radius 1 is 1.15 bits per heavy atom. The molecule has 0 N–H and O–H groups in total. The molecule has 0 radical (unpaired) electrons. The Hall–Kier alpha value is -2.14. The number of likely N-dealkylation sites (tertiary alicyclic amines) is 1. The van der Waals surface area contributed by atoms with E-state index in [2.05, 4.69) is 18.1 Å². The van der Waals surface area contributed by atoms with E-state index < -0.39 is 0 Å². The second kappa shape index (κ2) is 6.88. The van der Waals surface area contributed by atoms with Crippen molar-refractivity contribution in [2.24, 2.45) is 11.8 Å². The van der Waals surface area contributed by atoms with Crippen molar-refractivity contribution in [3.63, 3.8) is 0 Å². The zero-order valence-electron chi connectivity index (χ0n) is 15.8. The molecule has 1 aliphatic carbocycles. The Kier molecular flexibility index (Phi) is 4.57. The number of ether oxygens (including phenoxy) is 1. The Morgan fingerprint density at radius 3 is 2.35 bits per heavy atom. The maximum Gasteiger partial charge on any atom is 0.253 e. The highest BCUT2D eigenvalue weighted by Crippen LogP contribution is 2.38. The van der Waals surface area contributed by atoms with Crippen molar-refractivity contribution >= 4 is 5.91 Å². The first-order valence-electron chi connectivity index (χ1n) is 9.47. The van der Waals surface area contributed by atoms with Gasteiger partial charge in [-0.15, -0.1) is 0 Å². The third-order valence-corrected chi connectivity index (χ3v) is 5.94. The fourth-order valence-electron chi connectivity index (χ4n) is 4.67. The molecule has 4 rings (SSSR count). The molecule has 5 nitrogen and oxygen atoms in total. The normalized spacial score (nSPS) is 24.9. The van der Waals surface area contributed by atoms with Crippen LogP contribution in [0.3, 0.4) is 0 Å². The van der Waals surface area contributed by atoms with Crippen molar-refractivity contribution in [1.29, 1.82) is 0 Å². The van der Waals surface area contributed by atoms with Crippen molar-refractivity contribution < 1.29 is 9.53 Å². The first kappa shape index (κ1) is 17.3. The topological polar surface area (TPSA) is 47.4 Å². The summed E-state index contributed by atoms with van der Waals surface area (Å²) in [6, 6.07) is 10.1. The first-order chi connectivity index (χ1) is 12.5. The molecule has 1 aliphatic heterocycles. The van der Waals surface area contributed by atoms with E-state index in [4.69, 9.17) is 4.74 Å². The molecular formula is C21H27N3O2. The maximum atomic E-state index is 12.9. The SMILES string of the molecule is COC1[C@@H]2CC[C@H]1CN(C(=O)c1ccc(Cn3nc(C)cc3C)cc1)C2. The predicted octanol–water partition coefficient (Wildman–Crippen LogP) is 3.05. The number of piperidine rings is 1. The summed E-state index contributed by atoms with van der Waals surface area (Å²) in [6.45, 7) is 6.45. The van der Waals surface area contributed by atoms with Crippen LogP contribution in [0.25, 0.3) is 0 Å². The van der Waals surface area contributed by atoms with Gasteiger partial charge in [0.1, 0.15) is 0 Å². The molecule has 3 atom stereocenters. The summed E-state index contributed by atoms with van der Waals surface area (Å²) in [5, 5.41) is 4.50. The highest BCUT2D eigenvalue weighted by Gasteiger charge is 2.43. The first-order valence-corrected chi connectivity index (χ1v) is 9.47. The minimum atomic E-state index is 0.147. The number of nitrogens with zero attached hydrogens (tertiary/aromatic N) is 3. The molecule has 1 saturated carbocycles. The molecule has 0 spiro atoms. The molecular weight excluding hydrogens is 326 g/mol. The van der Waals surface area contributed by atoms with E-state index >= 15 is 0 Å². The summed E-state index contributed by atoms with van der Waals surface area (Å²) in [5.74, 6) is 1.13. The number of amides is 1. The summed E-state index contributed by atoms with van der Waals surface area (Å²) in [5.41, 5.74) is 4.12. The predicted molar refractivity (Wildman–Crippen MR) is 100 cm³/mol. The van der Waals surface area contributed by atoms with Crippen molar-refractivity contribution in [2.45, 2.75) is 39.3 Å². The molecule has 1 aromatic heterocycles. The largest absolute Gasteiger partial charge is 0.381 e. The zero-order chi connectivity index (χ0) is 18.3. The van der Waals surface area contributed by atoms with Crippen LogP contribution in [0.1, 0.15) is 40.2 Å². The lowest BCUT2D eigenvalue weighted by Crippen LogP contribution is -2.48. The third-order valence-electron chi connectivity index (χ3n) is 5.94. The van der Waals surface area contributed by atoms with E-state index in [1.165, 1.54) is 12.8 Å². The molecule has 1 aromatic carbocycles. The maximum absolute atomic E-state index is 12.9. The standard InChI is InChI=1S/C21H27N3O2/c1-14-10-15(2)24(22-14)11-16-4-6-17(7-5-16)21(25)23-12-18-8-9-19(13-23)20(18)26-3/h4-7,10,18-20H,8-9,11-13H2,1-3H3/t18-,19+,20?. The number of carbonyl (C=O) groups excluding carboxylic acids is 1. The van der Waals surface area contributed by atoms with Gasteiger partial charge >= 0.3 is 0 Å². The molecule has 2 aromatic rings. The molecule has 2 bridgehead atoms. The van der Waals surface area contributed by atoms with Gasteiger partial charge in [-0.1, -0.05) is 12.1 Å². The summed E-state index contributed by atoms with van der Waals surface area (Å²) in [4.78, 5) is 14.9. The van der Waals surface area contributed by atoms with Crippen LogP contribution in [-0.2, 0) is 11.3 Å². The molecule has 2 heterocycles. The fourth-order valence-corrected chi connectivity index (χ4v) is 4.67. The summed E-state index contributed by atoms with van der Waals surface area (Å²) in [6.07, 6.45) is 2.69. The third kappa shape index (κ3) is 3.16. The van der Waals surface area contributed by atoms with Crippen molar-refractivity contribution in [1.82, 2.24) is 14.7 Å². The van der Waals surface area contributed by atoms with E-state index in [0.29, 0.717) is 17.9 Å². The average molecular weight is 353 g/mol. The van der Waals surface area contributed by atoms with Crippen molar-refractivity contribution in [3.8, 4) is 0 Å². The lowest BCUT2D eigenvalue weighted by Gasteiger charge is -2.37. The number of rotatable bonds is 4. The van der Waals surface area contributed by atoms with Crippen LogP contribution in [0.15, 0.2) is 30.3 Å². The molecule has 1 saturated heterocycles. The molecule has 2 fully saturated rings. The second-order valence-electron chi connectivity index (χ2n) is 7.79. The number of hydrogen-bond acceptors (Lipinski definition) is 3. The van der Waals surface area contributed by atoms with E-state index in [0.717, 1.165) is 42.1 Å². The van der Waals surface area contributed by atoms with E-state index in [1.54, 1.807) is 7.11 Å². The van der Waals surface area contributed by atoms with Gasteiger partial charge < -0.3 is 9.64 Å². The van der Waals surface area contributed by atoms with Gasteiger partial charge in [0.05, 0.1) is 18.3 Å². The number of aryl methyl sites for hydroxylation is 2. The Labute approximate surface area is 154 Å². The molecule has 1 amide bonds. The van der Waals surface area contributed by atoms with Gasteiger partial charge in [-0.3, -0.25) is 9.48 Å². The minimum absolute atomic E-state index is 0.147. The average Bonchev–Trinajstić information content (AvgIpc) is 3.08. The van der Waals surface area contributed by atoms with Crippen LogP contribution < -0.4 is 0 Å². The minimum Gasteiger partial charge on any atom is -0.381 e. The summed E-state index contributed by atoms with van der Waals surface area (Å²) >= 11 is 0. The quantitative estimate of drug-likeness (QED) is 0.849. The van der Waals surface area contributed by atoms with Crippen LogP contribution in [0.4, 0.5) is 0 Å². The number of fused-ring (bicyclic) bond motifs is 2. The lowest BCUT2D eigenvalue weighted by atomic mass is 9.94. The number of benzene rings is 1. The van der Waals surface area contributed by atoms with Crippen LogP contribution in [0, 0.1) is 25.7 Å². The number of aromatic nitrogens is 2. The highest BCUT2D eigenvalue weighted by atomic mass is 16.5. The molecule has 26 heavy (non-hydrogen) atoms. The van der Waals surface area contributed by atoms with E-state index in [1.807, 2.05) is 40.8 Å². The van der Waals surface area contributed by atoms with Gasteiger partial charge in [0.2, 0.25) is 0 Å². The monoisotopic (exact) mass is 353 g/mol. The molecule has 138 valence electrons. The Morgan fingerprint density at radius 2 is 1.81 bits per heavy atom. The molecule has 5 heteroatoms. The number of hydrogen-bond donors (Lipinski definition) is 0. The van der Waals surface area contributed by atoms with Crippen molar-refractivity contribution in [2.75, 3.05) is 20.2 Å². The van der Waals surface area contributed by atoms with Crippen molar-refractivity contribution in [3.05, 3.63) is 52.8 Å². The highest BCUT2D eigenvalue weighted by molar-refractivity contribution is 5.94. The van der Waals surface area contributed by atoms with Crippen LogP contribution >= 0.6 is 0 Å². The molecule has 2 aliphatic rings. The smallest absolute Gasteiger partial charge is 0.253 e. The van der Waals surface area contributed by atoms with E-state index in [-0.39, 0.29) is 5.91 Å². The fraction of sp³-hybridized carbons (Fsp3) is 0.524. The lowest BCUT2D eigenvalue weighted by molar-refractivity contribution is -0.0113. The number of methoxy groups -OCH3 is 1. The zero-order valence-corrected chi connectivity index (χ0v) is 15.8. The summed E-state index contributed by atoms with van der Waals surface area (Å²) < 4.78 is 7.65. The van der Waals surface area contributed by atoms with Gasteiger partial charge in [0, 0.05) is 43.3 Å². The Bertz CT molecular complexity index is 782. The Balaban J connectivity index is 1.44. The van der Waals surface area contributed by atoms with Gasteiger partial charge in [0.15, 0.2) is 0 Å². The number of carbonyl (C=O) groups is 1. The van der Waals surface area contributed by atoms with Gasteiger partial charge in [0.25, 0.3) is 5.91 Å². The van der Waals surface area contributed by atoms with Crippen LogP contribution in [-0.4, -0.2) is 46.9 Å².